The molecule has 0 fully saturated rings. The lowest BCUT2D eigenvalue weighted by molar-refractivity contribution is -0.118. The number of para-hydroxylation sites is 1. The Morgan fingerprint density at radius 1 is 0.854 bits per heavy atom. The smallest absolute Gasteiger partial charge is 0.241 e. The van der Waals surface area contributed by atoms with Gasteiger partial charge in [0.1, 0.15) is 11.7 Å². The van der Waals surface area contributed by atoms with Crippen LogP contribution >= 0.6 is 37.2 Å². The molecule has 1 amide bonds. The summed E-state index contributed by atoms with van der Waals surface area (Å²) in [7, 11) is 2.03. The summed E-state index contributed by atoms with van der Waals surface area (Å²) in [6.45, 7) is 1.09. The van der Waals surface area contributed by atoms with Crippen LogP contribution in [0.4, 0.5) is 11.4 Å². The number of aryl methyl sites for hydroxylation is 3. The lowest BCUT2D eigenvalue weighted by Crippen LogP contribution is -2.37. The highest BCUT2D eigenvalue weighted by molar-refractivity contribution is 5.98. The number of amidine groups is 1. The SMILES string of the molecule is Cl.Cl.Cl.Cn1c(CCc2ccc(C(=N)N)cc2)nc2cc(N(Cc3cccc4ccccc34)C(=O)CNCc3ccccc3N)ccc21. The van der Waals surface area contributed by atoms with E-state index in [4.69, 9.17) is 21.9 Å². The van der Waals surface area contributed by atoms with Gasteiger partial charge < -0.3 is 26.3 Å². The molecule has 0 aliphatic heterocycles. The van der Waals surface area contributed by atoms with Crippen molar-refractivity contribution in [1.29, 1.82) is 5.41 Å². The fourth-order valence-electron chi connectivity index (χ4n) is 5.76. The van der Waals surface area contributed by atoms with Gasteiger partial charge in [0.25, 0.3) is 0 Å². The number of amides is 1. The lowest BCUT2D eigenvalue weighted by atomic mass is 10.0. The van der Waals surface area contributed by atoms with Gasteiger partial charge in [0.05, 0.1) is 24.1 Å². The summed E-state index contributed by atoms with van der Waals surface area (Å²) < 4.78 is 2.12. The van der Waals surface area contributed by atoms with Crippen molar-refractivity contribution >= 4 is 82.1 Å². The third-order valence-corrected chi connectivity index (χ3v) is 8.33. The Balaban J connectivity index is 0.00000208. The number of hydrogen-bond acceptors (Lipinski definition) is 5. The molecule has 0 aliphatic carbocycles. The quantitative estimate of drug-likeness (QED) is 0.0659. The number of benzene rings is 5. The van der Waals surface area contributed by atoms with Crippen LogP contribution in [0.1, 0.15) is 28.1 Å². The molecular formula is C37H40Cl3N7O. The van der Waals surface area contributed by atoms with Gasteiger partial charge in [-0.3, -0.25) is 10.2 Å². The third-order valence-electron chi connectivity index (χ3n) is 8.33. The second-order valence-corrected chi connectivity index (χ2v) is 11.3. The summed E-state index contributed by atoms with van der Waals surface area (Å²) >= 11 is 0. The predicted molar refractivity (Wildman–Crippen MR) is 205 cm³/mol. The standard InChI is InChI=1S/C37H37N7O.3ClH/c1-43-34-19-18-30(21-33(34)42-35(43)20-15-25-13-16-27(17-14-25)37(39)40)44(24-29-10-6-9-26-7-2-4-11-31(26)29)36(45)23-41-22-28-8-3-5-12-32(28)38;;;/h2-14,16-19,21,41H,15,20,22-24,38H2,1H3,(H3,39,40);3*1H. The Labute approximate surface area is 299 Å². The molecule has 0 aliphatic rings. The number of nitrogens with two attached hydrogens (primary N) is 2. The number of hydrogen-bond donors (Lipinski definition) is 4. The van der Waals surface area contributed by atoms with Crippen LogP contribution in [0, 0.1) is 5.41 Å². The number of fused-ring (bicyclic) bond motifs is 2. The normalized spacial score (nSPS) is 10.5. The van der Waals surface area contributed by atoms with E-state index in [1.165, 1.54) is 0 Å². The Hall–Kier alpha value is -4.60. The third kappa shape index (κ3) is 8.45. The topological polar surface area (TPSA) is 126 Å². The molecule has 250 valence electrons. The molecule has 11 heteroatoms. The van der Waals surface area contributed by atoms with Crippen molar-refractivity contribution in [1.82, 2.24) is 14.9 Å². The highest BCUT2D eigenvalue weighted by atomic mass is 35.5. The van der Waals surface area contributed by atoms with E-state index in [2.05, 4.69) is 34.1 Å². The fourth-order valence-corrected chi connectivity index (χ4v) is 5.76. The van der Waals surface area contributed by atoms with Crippen molar-refractivity contribution in [2.75, 3.05) is 17.2 Å². The number of carbonyl (C=O) groups excluding carboxylic acids is 1. The minimum atomic E-state index is -0.0399. The van der Waals surface area contributed by atoms with Crippen molar-refractivity contribution in [3.63, 3.8) is 0 Å². The van der Waals surface area contributed by atoms with Gasteiger partial charge >= 0.3 is 0 Å². The summed E-state index contributed by atoms with van der Waals surface area (Å²) in [5.41, 5.74) is 19.0. The molecule has 6 N–H and O–H groups in total. The van der Waals surface area contributed by atoms with E-state index < -0.39 is 0 Å². The number of anilines is 2. The maximum atomic E-state index is 13.9. The summed E-state index contributed by atoms with van der Waals surface area (Å²) in [6, 6.07) is 36.0. The molecule has 5 aromatic carbocycles. The van der Waals surface area contributed by atoms with Gasteiger partial charge in [0.15, 0.2) is 0 Å². The van der Waals surface area contributed by atoms with Gasteiger partial charge in [-0.1, -0.05) is 84.9 Å². The molecule has 1 heterocycles. The first-order chi connectivity index (χ1) is 21.9. The molecule has 0 atom stereocenters. The van der Waals surface area contributed by atoms with E-state index in [9.17, 15) is 4.79 Å². The van der Waals surface area contributed by atoms with Gasteiger partial charge in [-0.2, -0.15) is 0 Å². The first-order valence-electron chi connectivity index (χ1n) is 15.1. The van der Waals surface area contributed by atoms with Crippen LogP contribution in [0.2, 0.25) is 0 Å². The minimum Gasteiger partial charge on any atom is -0.398 e. The van der Waals surface area contributed by atoms with Crippen LogP contribution in [0.5, 0.6) is 0 Å². The second-order valence-electron chi connectivity index (χ2n) is 11.3. The van der Waals surface area contributed by atoms with Crippen LogP contribution in [-0.4, -0.2) is 27.8 Å². The Kier molecular flexibility index (Phi) is 13.4. The van der Waals surface area contributed by atoms with Gasteiger partial charge in [0.2, 0.25) is 5.91 Å². The fraction of sp³-hybridized carbons (Fsp3) is 0.162. The van der Waals surface area contributed by atoms with E-state index in [0.717, 1.165) is 68.4 Å². The summed E-state index contributed by atoms with van der Waals surface area (Å²) in [6.07, 6.45) is 1.57. The van der Waals surface area contributed by atoms with Crippen molar-refractivity contribution in [2.45, 2.75) is 25.9 Å². The Morgan fingerprint density at radius 2 is 1.54 bits per heavy atom. The zero-order chi connectivity index (χ0) is 31.3. The summed E-state index contributed by atoms with van der Waals surface area (Å²) in [5, 5.41) is 13.2. The van der Waals surface area contributed by atoms with Crippen molar-refractivity contribution in [2.24, 2.45) is 12.8 Å². The van der Waals surface area contributed by atoms with E-state index in [1.54, 1.807) is 0 Å². The van der Waals surface area contributed by atoms with Crippen molar-refractivity contribution in [3.8, 4) is 0 Å². The summed E-state index contributed by atoms with van der Waals surface area (Å²) in [4.78, 5) is 20.7. The van der Waals surface area contributed by atoms with Crippen LogP contribution in [-0.2, 0) is 37.8 Å². The molecule has 0 radical (unpaired) electrons. The highest BCUT2D eigenvalue weighted by Gasteiger charge is 2.19. The van der Waals surface area contributed by atoms with Gasteiger partial charge in [-0.05, 0) is 58.1 Å². The number of nitrogen functional groups attached to an aromatic ring is 2. The average Bonchev–Trinajstić information content (AvgIpc) is 3.37. The molecular weight excluding hydrogens is 665 g/mol. The molecule has 8 nitrogen and oxygen atoms in total. The van der Waals surface area contributed by atoms with Gasteiger partial charge in [0, 0.05) is 37.0 Å². The number of carbonyl (C=O) groups is 1. The van der Waals surface area contributed by atoms with Gasteiger partial charge in [-0.25, -0.2) is 4.98 Å². The predicted octanol–water partition coefficient (Wildman–Crippen LogP) is 6.97. The van der Waals surface area contributed by atoms with Crippen LogP contribution in [0.25, 0.3) is 21.8 Å². The zero-order valence-corrected chi connectivity index (χ0v) is 29.0. The van der Waals surface area contributed by atoms with Crippen molar-refractivity contribution < 1.29 is 4.79 Å². The van der Waals surface area contributed by atoms with Crippen molar-refractivity contribution in [3.05, 3.63) is 137 Å². The molecule has 0 saturated heterocycles. The van der Waals surface area contributed by atoms with E-state index >= 15 is 0 Å². The first kappa shape index (κ1) is 37.9. The molecule has 0 unspecified atom stereocenters. The second kappa shape index (κ2) is 17.0. The largest absolute Gasteiger partial charge is 0.398 e. The molecule has 6 rings (SSSR count). The number of aromatic nitrogens is 2. The number of imidazole rings is 1. The minimum absolute atomic E-state index is 0. The average molecular weight is 705 g/mol. The van der Waals surface area contributed by atoms with Crippen LogP contribution in [0.3, 0.4) is 0 Å². The number of nitrogens with zero attached hydrogens (tertiary/aromatic N) is 3. The van der Waals surface area contributed by atoms with E-state index in [0.29, 0.717) is 18.8 Å². The van der Waals surface area contributed by atoms with Crippen LogP contribution in [0.15, 0.2) is 109 Å². The first-order valence-corrected chi connectivity index (χ1v) is 15.1. The maximum Gasteiger partial charge on any atom is 0.241 e. The van der Waals surface area contributed by atoms with E-state index in [1.807, 2.05) is 96.9 Å². The number of rotatable bonds is 11. The van der Waals surface area contributed by atoms with E-state index in [-0.39, 0.29) is 55.5 Å². The lowest BCUT2D eigenvalue weighted by Gasteiger charge is -2.24. The number of nitrogens with one attached hydrogen (secondary N) is 2. The zero-order valence-electron chi connectivity index (χ0n) is 26.6. The molecule has 0 bridgehead atoms. The van der Waals surface area contributed by atoms with Gasteiger partial charge in [-0.15, -0.1) is 37.2 Å². The van der Waals surface area contributed by atoms with Crippen LogP contribution < -0.4 is 21.7 Å². The molecule has 1 aromatic heterocycles. The highest BCUT2D eigenvalue weighted by Crippen LogP contribution is 2.27. The Morgan fingerprint density at radius 3 is 2.29 bits per heavy atom. The monoisotopic (exact) mass is 703 g/mol. The molecule has 0 spiro atoms. The number of halogens is 3. The molecule has 6 aromatic rings. The molecule has 48 heavy (non-hydrogen) atoms. The maximum absolute atomic E-state index is 13.9. The summed E-state index contributed by atoms with van der Waals surface area (Å²) in [5.74, 6) is 0.992. The Bertz CT molecular complexity index is 2010. The molecule has 0 saturated carbocycles.